The normalized spacial score (nSPS) is 16.7. The molecule has 1 fully saturated rings. The summed E-state index contributed by atoms with van der Waals surface area (Å²) in [6.45, 7) is 2.50. The average Bonchev–Trinajstić information content (AvgIpc) is 2.35. The van der Waals surface area contributed by atoms with E-state index in [1.807, 2.05) is 0 Å². The molecule has 1 aliphatic rings. The summed E-state index contributed by atoms with van der Waals surface area (Å²) in [5, 5.41) is 9.64. The van der Waals surface area contributed by atoms with Gasteiger partial charge in [-0.05, 0) is 25.1 Å². The molecule has 0 unspecified atom stereocenters. The summed E-state index contributed by atoms with van der Waals surface area (Å²) in [5.41, 5.74) is 0.0482. The zero-order chi connectivity index (χ0) is 14.0. The highest BCUT2D eigenvalue weighted by atomic mass is 16.5. The number of rotatable bonds is 4. The molecule has 1 N–H and O–H groups in total. The lowest BCUT2D eigenvalue weighted by molar-refractivity contribution is -0.151. The number of benzene rings is 1. The number of nitrogens with zero attached hydrogens (tertiary/aromatic N) is 1. The van der Waals surface area contributed by atoms with Gasteiger partial charge in [-0.15, -0.1) is 0 Å². The number of carbonyl (C=O) groups excluding carboxylic acids is 1. The van der Waals surface area contributed by atoms with Gasteiger partial charge in [-0.25, -0.2) is 0 Å². The van der Waals surface area contributed by atoms with Gasteiger partial charge < -0.3 is 19.5 Å². The summed E-state index contributed by atoms with van der Waals surface area (Å²) < 4.78 is 10.4. The molecule has 0 atom stereocenters. The molecule has 2 rings (SSSR count). The predicted molar refractivity (Wildman–Crippen MR) is 70.5 cm³/mol. The minimum absolute atomic E-state index is 0.0157. The summed E-state index contributed by atoms with van der Waals surface area (Å²) in [6.07, 6.45) is 0.246. The molecule has 1 aromatic carbocycles. The van der Waals surface area contributed by atoms with Gasteiger partial charge in [-0.3, -0.25) is 4.79 Å². The largest absolute Gasteiger partial charge is 0.497 e. The van der Waals surface area contributed by atoms with Gasteiger partial charge in [-0.2, -0.15) is 0 Å². The van der Waals surface area contributed by atoms with E-state index in [1.54, 1.807) is 44.2 Å². The third kappa shape index (κ3) is 2.98. The van der Waals surface area contributed by atoms with Crippen molar-refractivity contribution in [2.45, 2.75) is 18.9 Å². The van der Waals surface area contributed by atoms with Crippen molar-refractivity contribution >= 4 is 5.91 Å². The molecule has 19 heavy (non-hydrogen) atoms. The van der Waals surface area contributed by atoms with Crippen LogP contribution in [-0.2, 0) is 11.2 Å². The molecule has 0 aliphatic carbocycles. The lowest BCUT2D eigenvalue weighted by Gasteiger charge is -2.44. The first-order valence-corrected chi connectivity index (χ1v) is 6.16. The molecule has 0 aromatic heterocycles. The van der Waals surface area contributed by atoms with Crippen molar-refractivity contribution in [3.05, 3.63) is 23.8 Å². The zero-order valence-corrected chi connectivity index (χ0v) is 11.5. The first-order chi connectivity index (χ1) is 8.95. The minimum Gasteiger partial charge on any atom is -0.497 e. The van der Waals surface area contributed by atoms with Gasteiger partial charge in [0.05, 0.1) is 39.3 Å². The number of carbonyl (C=O) groups is 1. The summed E-state index contributed by atoms with van der Waals surface area (Å²) in [6, 6.07) is 5.38. The average molecular weight is 265 g/mol. The monoisotopic (exact) mass is 265 g/mol. The van der Waals surface area contributed by atoms with Gasteiger partial charge in [0.2, 0.25) is 5.91 Å². The van der Waals surface area contributed by atoms with Crippen LogP contribution in [0.25, 0.3) is 0 Å². The Bertz CT molecular complexity index is 476. The smallest absolute Gasteiger partial charge is 0.227 e. The fourth-order valence-electron chi connectivity index (χ4n) is 2.25. The highest BCUT2D eigenvalue weighted by Crippen LogP contribution is 2.26. The molecule has 104 valence electrons. The summed E-state index contributed by atoms with van der Waals surface area (Å²) in [7, 11) is 3.16. The van der Waals surface area contributed by atoms with E-state index in [9.17, 15) is 9.90 Å². The molecule has 1 aliphatic heterocycles. The SMILES string of the molecule is COc1ccc(OC)c(CC(=O)N2CC(C)(O)C2)c1. The van der Waals surface area contributed by atoms with Crippen molar-refractivity contribution < 1.29 is 19.4 Å². The van der Waals surface area contributed by atoms with Crippen molar-refractivity contribution in [1.29, 1.82) is 0 Å². The highest BCUT2D eigenvalue weighted by Gasteiger charge is 2.39. The molecular weight excluding hydrogens is 246 g/mol. The maximum Gasteiger partial charge on any atom is 0.227 e. The van der Waals surface area contributed by atoms with Gasteiger partial charge in [0.15, 0.2) is 0 Å². The maximum absolute atomic E-state index is 12.1. The molecule has 0 spiro atoms. The van der Waals surface area contributed by atoms with Crippen LogP contribution in [-0.4, -0.2) is 48.8 Å². The number of ether oxygens (including phenoxy) is 2. The summed E-state index contributed by atoms with van der Waals surface area (Å²) in [4.78, 5) is 13.7. The van der Waals surface area contributed by atoms with Crippen LogP contribution in [0.15, 0.2) is 18.2 Å². The third-order valence-corrected chi connectivity index (χ3v) is 3.24. The Morgan fingerprint density at radius 2 is 2.05 bits per heavy atom. The number of amides is 1. The van der Waals surface area contributed by atoms with Crippen LogP contribution in [0.1, 0.15) is 12.5 Å². The Labute approximate surface area is 112 Å². The van der Waals surface area contributed by atoms with Gasteiger partial charge >= 0.3 is 0 Å². The van der Waals surface area contributed by atoms with Gasteiger partial charge in [0.1, 0.15) is 11.5 Å². The fraction of sp³-hybridized carbons (Fsp3) is 0.500. The molecule has 1 aromatic rings. The molecule has 5 heteroatoms. The van der Waals surface area contributed by atoms with Crippen molar-refractivity contribution in [3.8, 4) is 11.5 Å². The van der Waals surface area contributed by atoms with E-state index in [2.05, 4.69) is 0 Å². The van der Waals surface area contributed by atoms with E-state index in [1.165, 1.54) is 0 Å². The van der Waals surface area contributed by atoms with E-state index >= 15 is 0 Å². The van der Waals surface area contributed by atoms with Crippen LogP contribution in [0.5, 0.6) is 11.5 Å². The van der Waals surface area contributed by atoms with Gasteiger partial charge in [0, 0.05) is 5.56 Å². The molecule has 1 amide bonds. The second-order valence-electron chi connectivity index (χ2n) is 5.10. The van der Waals surface area contributed by atoms with Crippen LogP contribution >= 0.6 is 0 Å². The van der Waals surface area contributed by atoms with E-state index in [4.69, 9.17) is 9.47 Å². The van der Waals surface area contributed by atoms with Crippen LogP contribution in [0.2, 0.25) is 0 Å². The lowest BCUT2D eigenvalue weighted by atomic mass is 9.96. The first kappa shape index (κ1) is 13.7. The van der Waals surface area contributed by atoms with Gasteiger partial charge in [0.25, 0.3) is 0 Å². The van der Waals surface area contributed by atoms with Crippen molar-refractivity contribution in [2.75, 3.05) is 27.3 Å². The van der Waals surface area contributed by atoms with Crippen LogP contribution in [0.3, 0.4) is 0 Å². The maximum atomic E-state index is 12.1. The van der Waals surface area contributed by atoms with Crippen molar-refractivity contribution in [3.63, 3.8) is 0 Å². The Kier molecular flexibility index (Phi) is 3.66. The Hall–Kier alpha value is -1.75. The molecule has 1 heterocycles. The standard InChI is InChI=1S/C14H19NO4/c1-14(17)8-15(9-14)13(16)7-10-6-11(18-2)4-5-12(10)19-3/h4-6,17H,7-9H2,1-3H3. The number of hydrogen-bond donors (Lipinski definition) is 1. The lowest BCUT2D eigenvalue weighted by Crippen LogP contribution is -2.62. The van der Waals surface area contributed by atoms with E-state index in [-0.39, 0.29) is 12.3 Å². The van der Waals surface area contributed by atoms with E-state index in [0.29, 0.717) is 24.6 Å². The summed E-state index contributed by atoms with van der Waals surface area (Å²) in [5.74, 6) is 1.35. The summed E-state index contributed by atoms with van der Waals surface area (Å²) >= 11 is 0. The topological polar surface area (TPSA) is 59.0 Å². The molecular formula is C14H19NO4. The molecule has 5 nitrogen and oxygen atoms in total. The predicted octanol–water partition coefficient (Wildman–Crippen LogP) is 0.839. The van der Waals surface area contributed by atoms with Crippen molar-refractivity contribution in [1.82, 2.24) is 4.90 Å². The van der Waals surface area contributed by atoms with Crippen LogP contribution in [0.4, 0.5) is 0 Å². The highest BCUT2D eigenvalue weighted by molar-refractivity contribution is 5.80. The second kappa shape index (κ2) is 5.09. The van der Waals surface area contributed by atoms with E-state index in [0.717, 1.165) is 5.56 Å². The number of hydrogen-bond acceptors (Lipinski definition) is 4. The Morgan fingerprint density at radius 3 is 2.58 bits per heavy atom. The minimum atomic E-state index is -0.742. The fourth-order valence-corrected chi connectivity index (χ4v) is 2.25. The molecule has 0 bridgehead atoms. The number of β-amino-alcohol motifs (C(OH)–C–C–N with tert-alkyl or cyclic N) is 1. The van der Waals surface area contributed by atoms with Crippen molar-refractivity contribution in [2.24, 2.45) is 0 Å². The van der Waals surface area contributed by atoms with Gasteiger partial charge in [-0.1, -0.05) is 0 Å². The number of likely N-dealkylation sites (tertiary alicyclic amines) is 1. The molecule has 0 saturated carbocycles. The third-order valence-electron chi connectivity index (χ3n) is 3.24. The Morgan fingerprint density at radius 1 is 1.37 bits per heavy atom. The molecule has 1 saturated heterocycles. The van der Waals surface area contributed by atoms with Crippen LogP contribution in [0, 0.1) is 0 Å². The van der Waals surface area contributed by atoms with Crippen LogP contribution < -0.4 is 9.47 Å². The number of aliphatic hydroxyl groups is 1. The quantitative estimate of drug-likeness (QED) is 0.876. The zero-order valence-electron chi connectivity index (χ0n) is 11.5. The number of methoxy groups -OCH3 is 2. The second-order valence-corrected chi connectivity index (χ2v) is 5.10. The molecule has 0 radical (unpaired) electrons. The van der Waals surface area contributed by atoms with E-state index < -0.39 is 5.60 Å². The Balaban J connectivity index is 2.08. The first-order valence-electron chi connectivity index (χ1n) is 6.16.